The van der Waals surface area contributed by atoms with Crippen LogP contribution >= 0.6 is 0 Å². The first-order valence-electron chi connectivity index (χ1n) is 25.3. The van der Waals surface area contributed by atoms with Gasteiger partial charge in [-0.15, -0.1) is 0 Å². The van der Waals surface area contributed by atoms with Crippen LogP contribution in [0.25, 0.3) is 6.08 Å². The Labute approximate surface area is 416 Å². The van der Waals surface area contributed by atoms with Gasteiger partial charge in [-0.2, -0.15) is 0 Å². The van der Waals surface area contributed by atoms with Gasteiger partial charge in [-0.3, -0.25) is 9.59 Å². The van der Waals surface area contributed by atoms with E-state index in [1.165, 1.54) is 27.0 Å². The van der Waals surface area contributed by atoms with Gasteiger partial charge < -0.3 is 72.5 Å². The number of methoxy groups -OCH3 is 3. The third kappa shape index (κ3) is 9.73. The van der Waals surface area contributed by atoms with Crippen LogP contribution in [0, 0.1) is 22.7 Å². The normalized spacial score (nSPS) is 46.6. The molecule has 4 N–H and O–H groups in total. The molecule has 22 atom stereocenters. The zero-order valence-corrected chi connectivity index (χ0v) is 42.7. The summed E-state index contributed by atoms with van der Waals surface area (Å²) in [6, 6.07) is 9.21. The van der Waals surface area contributed by atoms with Crippen molar-refractivity contribution in [3.8, 4) is 0 Å². The lowest BCUT2D eigenvalue weighted by atomic mass is 9.42. The Morgan fingerprint density at radius 2 is 1.37 bits per heavy atom. The maximum Gasteiger partial charge on any atom is 0.331 e. The Kier molecular flexibility index (Phi) is 16.1. The largest absolute Gasteiger partial charge is 0.458 e. The molecule has 0 amide bonds. The van der Waals surface area contributed by atoms with Crippen molar-refractivity contribution in [2.75, 3.05) is 21.3 Å². The van der Waals surface area contributed by atoms with Gasteiger partial charge in [-0.25, -0.2) is 4.79 Å². The van der Waals surface area contributed by atoms with Gasteiger partial charge in [0.2, 0.25) is 0 Å². The molecule has 3 saturated carbocycles. The SMILES string of the molecule is CO[C@H]1[C@@H](O)[C@H](O[C@@H]2[C@@H](C)O[C@@H](O[C@H]3[C@@H](OC)C[C@H](O[C@H]4CC[C@@]5(C)C(=CC[C@]6(O)[C@@H]5[C@H](OC(C)=O)[C@@H](OC(=O)/C=C/c5ccccc5)[C@]5(C)[C@@H](C(C)=O)CC[C@@]56O)C4)O[C@@H]3C)C[C@H]2OC)O[C@H](C)[C@H]1O. The minimum atomic E-state index is -1.91. The molecular formula is C53H76O18. The maximum atomic E-state index is 13.8. The van der Waals surface area contributed by atoms with Crippen molar-refractivity contribution in [2.45, 2.75) is 209 Å². The van der Waals surface area contributed by atoms with Crippen LogP contribution in [0.3, 0.4) is 0 Å². The van der Waals surface area contributed by atoms with Crippen molar-refractivity contribution in [3.63, 3.8) is 0 Å². The number of hydrogen-bond donors (Lipinski definition) is 4. The van der Waals surface area contributed by atoms with Gasteiger partial charge in [-0.05, 0) is 83.3 Å². The van der Waals surface area contributed by atoms with E-state index >= 15 is 0 Å². The average Bonchev–Trinajstić information content (AvgIpc) is 3.62. The smallest absolute Gasteiger partial charge is 0.331 e. The minimum Gasteiger partial charge on any atom is -0.458 e. The maximum absolute atomic E-state index is 13.8. The number of rotatable bonds is 14. The van der Waals surface area contributed by atoms with Crippen LogP contribution in [0.15, 0.2) is 48.1 Å². The number of aliphatic hydroxyl groups is 4. The van der Waals surface area contributed by atoms with Gasteiger partial charge in [-0.1, -0.05) is 55.8 Å². The molecule has 1 aromatic carbocycles. The lowest BCUT2D eigenvalue weighted by molar-refractivity contribution is -0.352. The lowest BCUT2D eigenvalue weighted by Crippen LogP contribution is -2.80. The van der Waals surface area contributed by atoms with E-state index in [1.54, 1.807) is 34.1 Å². The summed E-state index contributed by atoms with van der Waals surface area (Å²) in [7, 11) is 4.58. The number of benzene rings is 1. The number of ketones is 1. The summed E-state index contributed by atoms with van der Waals surface area (Å²) in [4.78, 5) is 40.4. The topological polar surface area (TPSA) is 234 Å². The van der Waals surface area contributed by atoms with E-state index in [2.05, 4.69) is 0 Å². The first kappa shape index (κ1) is 54.1. The fourth-order valence-electron chi connectivity index (χ4n) is 13.8. The molecule has 0 aromatic heterocycles. The molecule has 1 aromatic rings. The Hall–Kier alpha value is -3.21. The summed E-state index contributed by atoms with van der Waals surface area (Å²) in [6.45, 7) is 11.8. The predicted molar refractivity (Wildman–Crippen MR) is 252 cm³/mol. The monoisotopic (exact) mass is 1000 g/mol. The third-order valence-corrected chi connectivity index (χ3v) is 17.5. The highest BCUT2D eigenvalue weighted by molar-refractivity contribution is 5.87. The van der Waals surface area contributed by atoms with Crippen molar-refractivity contribution < 1.29 is 86.9 Å². The summed E-state index contributed by atoms with van der Waals surface area (Å²) in [5.74, 6) is -3.34. The number of carbonyl (C=O) groups excluding carboxylic acids is 3. The van der Waals surface area contributed by atoms with Crippen LogP contribution in [0.2, 0.25) is 0 Å². The van der Waals surface area contributed by atoms with Crippen LogP contribution < -0.4 is 0 Å². The van der Waals surface area contributed by atoms with E-state index in [9.17, 15) is 34.8 Å². The number of ether oxygens (including phenoxy) is 11. The Morgan fingerprint density at radius 3 is 1.97 bits per heavy atom. The van der Waals surface area contributed by atoms with Crippen LogP contribution in [0.1, 0.15) is 105 Å². The zero-order chi connectivity index (χ0) is 51.4. The Morgan fingerprint density at radius 1 is 0.732 bits per heavy atom. The second kappa shape index (κ2) is 21.2. The fourth-order valence-corrected chi connectivity index (χ4v) is 13.8. The number of fused-ring (bicyclic) bond motifs is 5. The molecule has 18 heteroatoms. The number of hydrogen-bond acceptors (Lipinski definition) is 18. The van der Waals surface area contributed by atoms with E-state index in [0.29, 0.717) is 25.7 Å². The molecule has 8 rings (SSSR count). The lowest BCUT2D eigenvalue weighted by Gasteiger charge is -2.68. The molecule has 7 aliphatic rings. The van der Waals surface area contributed by atoms with Crippen molar-refractivity contribution in [2.24, 2.45) is 22.7 Å². The van der Waals surface area contributed by atoms with Gasteiger partial charge in [0.15, 0.2) is 18.9 Å². The molecule has 6 fully saturated rings. The highest BCUT2D eigenvalue weighted by Crippen LogP contribution is 2.70. The molecular weight excluding hydrogens is 925 g/mol. The molecule has 3 heterocycles. The number of carbonyl (C=O) groups is 3. The van der Waals surface area contributed by atoms with Crippen molar-refractivity contribution >= 4 is 23.8 Å². The fraction of sp³-hybridized carbons (Fsp3) is 0.755. The second-order valence-corrected chi connectivity index (χ2v) is 21.4. The van der Waals surface area contributed by atoms with Crippen LogP contribution in [-0.2, 0) is 66.5 Å². The molecule has 71 heavy (non-hydrogen) atoms. The summed E-state index contributed by atoms with van der Waals surface area (Å²) in [5.41, 5.74) is -4.45. The zero-order valence-electron chi connectivity index (χ0n) is 42.7. The quantitative estimate of drug-likeness (QED) is 0.117. The second-order valence-electron chi connectivity index (χ2n) is 21.4. The van der Waals surface area contributed by atoms with Crippen LogP contribution in [0.4, 0.5) is 0 Å². The average molecular weight is 1000 g/mol. The van der Waals surface area contributed by atoms with E-state index in [0.717, 1.165) is 11.1 Å². The Balaban J connectivity index is 0.960. The molecule has 0 unspecified atom stereocenters. The van der Waals surface area contributed by atoms with E-state index in [1.807, 2.05) is 57.2 Å². The van der Waals surface area contributed by atoms with Gasteiger partial charge in [0, 0.05) is 64.4 Å². The molecule has 0 radical (unpaired) electrons. The number of aliphatic hydroxyl groups excluding tert-OH is 2. The van der Waals surface area contributed by atoms with Gasteiger partial charge >= 0.3 is 11.9 Å². The minimum absolute atomic E-state index is 0.00663. The molecule has 0 bridgehead atoms. The van der Waals surface area contributed by atoms with Gasteiger partial charge in [0.05, 0.1) is 36.6 Å². The molecule has 0 spiro atoms. The first-order valence-corrected chi connectivity index (χ1v) is 25.3. The standard InChI is InChI=1S/C53H76O18/c1-27(54)35-20-23-53(60)51(35,7)48(69-38(56)17-16-32-14-12-11-13-15-32)46(67-31(5)55)47-50(6)21-19-34(24-33(50)18-22-52(47,53)59)68-39-25-36(61-8)43(29(3)64-39)70-40-26-37(62-9)44(30(4)65-40)71-49-42(58)45(63-10)41(57)28(2)66-49/h11-18,28-30,34-37,39-49,57-60H,19-26H2,1-10H3/b17-16+/t28-,29-,30-,34+,35-,36+,37-,39+,40+,41-,42-,43-,44-,45-,46+,47-,48-,49+,50+,51+,52+,53-/m1/s1. The molecule has 396 valence electrons. The highest BCUT2D eigenvalue weighted by Gasteiger charge is 2.80. The summed E-state index contributed by atoms with van der Waals surface area (Å²) < 4.78 is 68.0. The molecule has 4 aliphatic carbocycles. The van der Waals surface area contributed by atoms with E-state index in [-0.39, 0.29) is 37.6 Å². The van der Waals surface area contributed by atoms with Crippen LogP contribution in [-0.4, -0.2) is 169 Å². The predicted octanol–water partition coefficient (Wildman–Crippen LogP) is 4.10. The molecule has 3 saturated heterocycles. The summed E-state index contributed by atoms with van der Waals surface area (Å²) >= 11 is 0. The third-order valence-electron chi connectivity index (χ3n) is 17.5. The van der Waals surface area contributed by atoms with Crippen molar-refractivity contribution in [3.05, 3.63) is 53.6 Å². The van der Waals surface area contributed by atoms with E-state index in [4.69, 9.17) is 52.1 Å². The highest BCUT2D eigenvalue weighted by atomic mass is 16.8. The van der Waals surface area contributed by atoms with Crippen LogP contribution in [0.5, 0.6) is 0 Å². The van der Waals surface area contributed by atoms with Crippen molar-refractivity contribution in [1.82, 2.24) is 0 Å². The molecule has 3 aliphatic heterocycles. The van der Waals surface area contributed by atoms with E-state index < -0.39 is 138 Å². The number of Topliss-reactive ketones (excluding diaryl/α,β-unsaturated/α-hetero) is 1. The molecule has 18 nitrogen and oxygen atoms in total. The Bertz CT molecular complexity index is 2120. The van der Waals surface area contributed by atoms with Crippen molar-refractivity contribution in [1.29, 1.82) is 0 Å². The van der Waals surface area contributed by atoms with Gasteiger partial charge in [0.25, 0.3) is 0 Å². The van der Waals surface area contributed by atoms with Gasteiger partial charge in [0.1, 0.15) is 59.7 Å². The first-order chi connectivity index (χ1) is 33.6. The summed E-state index contributed by atoms with van der Waals surface area (Å²) in [5, 5.41) is 47.7. The number of esters is 2. The summed E-state index contributed by atoms with van der Waals surface area (Å²) in [6.07, 6.45) is -5.14.